The Labute approximate surface area is 215 Å². The molecule has 0 spiro atoms. The lowest BCUT2D eigenvalue weighted by atomic mass is 10.0. The zero-order valence-corrected chi connectivity index (χ0v) is 21.5. The van der Waals surface area contributed by atoms with Gasteiger partial charge in [0.1, 0.15) is 11.6 Å². The Morgan fingerprint density at radius 1 is 1.17 bits per heavy atom. The van der Waals surface area contributed by atoms with E-state index >= 15 is 0 Å². The van der Waals surface area contributed by atoms with E-state index in [2.05, 4.69) is 15.6 Å². The molecule has 0 saturated carbocycles. The van der Waals surface area contributed by atoms with Crippen LogP contribution in [0.15, 0.2) is 48.7 Å². The number of nitrogens with zero attached hydrogens (tertiary/aromatic N) is 2. The lowest BCUT2D eigenvalue weighted by Crippen LogP contribution is -2.50. The van der Waals surface area contributed by atoms with Gasteiger partial charge in [-0.3, -0.25) is 9.78 Å². The maximum atomic E-state index is 13.5. The van der Waals surface area contributed by atoms with Gasteiger partial charge >= 0.3 is 6.03 Å². The first-order valence-electron chi connectivity index (χ1n) is 11.9. The van der Waals surface area contributed by atoms with Crippen LogP contribution >= 0.6 is 11.6 Å². The predicted octanol–water partition coefficient (Wildman–Crippen LogP) is 5.16. The van der Waals surface area contributed by atoms with E-state index in [-0.39, 0.29) is 23.5 Å². The van der Waals surface area contributed by atoms with E-state index in [0.29, 0.717) is 41.4 Å². The molecule has 190 valence electrons. The van der Waals surface area contributed by atoms with Crippen LogP contribution in [0.25, 0.3) is 22.0 Å². The molecule has 1 aliphatic heterocycles. The van der Waals surface area contributed by atoms with Crippen LogP contribution in [-0.2, 0) is 4.79 Å². The minimum Gasteiger partial charge on any atom is -0.481 e. The van der Waals surface area contributed by atoms with Crippen molar-refractivity contribution in [3.8, 4) is 16.9 Å². The van der Waals surface area contributed by atoms with Crippen molar-refractivity contribution >= 4 is 34.4 Å². The van der Waals surface area contributed by atoms with E-state index in [1.165, 1.54) is 12.1 Å². The summed E-state index contributed by atoms with van der Waals surface area (Å²) in [5, 5.41) is 6.95. The van der Waals surface area contributed by atoms with Crippen LogP contribution in [0, 0.1) is 5.82 Å². The molecule has 0 unspecified atom stereocenters. The van der Waals surface area contributed by atoms with Gasteiger partial charge in [-0.2, -0.15) is 0 Å². The van der Waals surface area contributed by atoms with Gasteiger partial charge in [-0.05, 0) is 76.1 Å². The topological polar surface area (TPSA) is 83.6 Å². The molecule has 3 aromatic rings. The average Bonchev–Trinajstić information content (AvgIpc) is 3.25. The maximum Gasteiger partial charge on any atom is 0.315 e. The number of likely N-dealkylation sites (tertiary alicyclic amines) is 1. The Balaban J connectivity index is 1.42. The van der Waals surface area contributed by atoms with Gasteiger partial charge in [-0.1, -0.05) is 11.6 Å². The first-order chi connectivity index (χ1) is 17.0. The van der Waals surface area contributed by atoms with Crippen LogP contribution in [0.1, 0.15) is 34.1 Å². The molecule has 3 amide bonds. The molecule has 1 fully saturated rings. The number of pyridine rings is 1. The fourth-order valence-electron chi connectivity index (χ4n) is 4.30. The number of hydrogen-bond acceptors (Lipinski definition) is 4. The lowest BCUT2D eigenvalue weighted by molar-refractivity contribution is -0.136. The largest absolute Gasteiger partial charge is 0.481 e. The third-order valence-corrected chi connectivity index (χ3v) is 6.23. The summed E-state index contributed by atoms with van der Waals surface area (Å²) >= 11 is 6.27. The maximum absolute atomic E-state index is 13.5. The van der Waals surface area contributed by atoms with E-state index in [0.717, 1.165) is 10.9 Å². The number of carbonyl (C=O) groups excluding carboxylic acids is 2. The van der Waals surface area contributed by atoms with Gasteiger partial charge in [0.2, 0.25) is 0 Å². The Bertz CT molecular complexity index is 1290. The second kappa shape index (κ2) is 10.3. The summed E-state index contributed by atoms with van der Waals surface area (Å²) in [6, 6.07) is 11.2. The predicted molar refractivity (Wildman–Crippen MR) is 139 cm³/mol. The number of aromatic nitrogens is 1. The third-order valence-electron chi connectivity index (χ3n) is 5.92. The Kier molecular flexibility index (Phi) is 7.36. The fourth-order valence-corrected chi connectivity index (χ4v) is 4.56. The molecule has 0 aliphatic carbocycles. The zero-order valence-electron chi connectivity index (χ0n) is 20.8. The van der Waals surface area contributed by atoms with Crippen molar-refractivity contribution in [3.05, 3.63) is 59.5 Å². The zero-order chi connectivity index (χ0) is 26.0. The second-order valence-electron chi connectivity index (χ2n) is 10.0. The summed E-state index contributed by atoms with van der Waals surface area (Å²) in [6.45, 7) is 8.44. The summed E-state index contributed by atoms with van der Waals surface area (Å²) in [4.78, 5) is 31.3. The Morgan fingerprint density at radius 2 is 1.94 bits per heavy atom. The van der Waals surface area contributed by atoms with E-state index < -0.39 is 11.9 Å². The van der Waals surface area contributed by atoms with Gasteiger partial charge in [0.05, 0.1) is 10.5 Å². The summed E-state index contributed by atoms with van der Waals surface area (Å²) in [6.07, 6.45) is 1.63. The molecular formula is C27H30ClFN4O3. The third kappa shape index (κ3) is 6.05. The standard InChI is InChI=1S/C27H30ClFN4O3/c1-16(25(34)33-12-10-18(15-33)31-26(35)32-27(2,3)4)36-19-6-8-22-20(9-11-30-24(22)14-19)21-7-5-17(29)13-23(21)28/h5-9,11,13-14,16,18H,10,12,15H2,1-4H3,(H2,31,32,35)/t16-,18-/m1/s1. The number of urea groups is 1. The first-order valence-corrected chi connectivity index (χ1v) is 12.3. The van der Waals surface area contributed by atoms with Gasteiger partial charge < -0.3 is 20.3 Å². The molecule has 36 heavy (non-hydrogen) atoms. The molecule has 2 N–H and O–H groups in total. The number of rotatable bonds is 5. The molecule has 0 radical (unpaired) electrons. The fraction of sp³-hybridized carbons (Fsp3) is 0.370. The van der Waals surface area contributed by atoms with Gasteiger partial charge in [0.15, 0.2) is 6.10 Å². The number of benzene rings is 2. The van der Waals surface area contributed by atoms with Crippen molar-refractivity contribution in [1.29, 1.82) is 0 Å². The van der Waals surface area contributed by atoms with Crippen molar-refractivity contribution < 1.29 is 18.7 Å². The second-order valence-corrected chi connectivity index (χ2v) is 10.4. The van der Waals surface area contributed by atoms with Gasteiger partial charge in [0.25, 0.3) is 5.91 Å². The number of amides is 3. The molecule has 1 saturated heterocycles. The molecule has 1 aliphatic rings. The quantitative estimate of drug-likeness (QED) is 0.494. The molecule has 2 heterocycles. The molecule has 4 rings (SSSR count). The van der Waals surface area contributed by atoms with Crippen LogP contribution in [-0.4, -0.2) is 52.6 Å². The molecule has 0 bridgehead atoms. The van der Waals surface area contributed by atoms with Gasteiger partial charge in [-0.15, -0.1) is 0 Å². The highest BCUT2D eigenvalue weighted by Gasteiger charge is 2.31. The molecule has 7 nitrogen and oxygen atoms in total. The van der Waals surface area contributed by atoms with Gasteiger partial charge in [0, 0.05) is 47.9 Å². The van der Waals surface area contributed by atoms with Crippen LogP contribution in [0.4, 0.5) is 9.18 Å². The molecule has 2 atom stereocenters. The average molecular weight is 513 g/mol. The van der Waals surface area contributed by atoms with E-state index in [9.17, 15) is 14.0 Å². The van der Waals surface area contributed by atoms with Gasteiger partial charge in [-0.25, -0.2) is 9.18 Å². The number of ether oxygens (including phenoxy) is 1. The van der Waals surface area contributed by atoms with Crippen LogP contribution in [0.3, 0.4) is 0 Å². The normalized spacial score (nSPS) is 16.6. The summed E-state index contributed by atoms with van der Waals surface area (Å²) in [5.41, 5.74) is 1.87. The summed E-state index contributed by atoms with van der Waals surface area (Å²) in [7, 11) is 0. The molecular weight excluding hydrogens is 483 g/mol. The number of fused-ring (bicyclic) bond motifs is 1. The highest BCUT2D eigenvalue weighted by atomic mass is 35.5. The van der Waals surface area contributed by atoms with Crippen molar-refractivity contribution in [3.63, 3.8) is 0 Å². The number of hydrogen-bond donors (Lipinski definition) is 2. The van der Waals surface area contributed by atoms with Crippen molar-refractivity contribution in [2.24, 2.45) is 0 Å². The smallest absolute Gasteiger partial charge is 0.315 e. The molecule has 9 heteroatoms. The first kappa shape index (κ1) is 25.7. The van der Waals surface area contributed by atoms with Crippen molar-refractivity contribution in [2.45, 2.75) is 51.8 Å². The van der Waals surface area contributed by atoms with E-state index in [4.69, 9.17) is 16.3 Å². The van der Waals surface area contributed by atoms with E-state index in [1.807, 2.05) is 32.9 Å². The summed E-state index contributed by atoms with van der Waals surface area (Å²) in [5.74, 6) is -0.0307. The van der Waals surface area contributed by atoms with E-state index in [1.54, 1.807) is 36.2 Å². The number of halogens is 2. The SMILES string of the molecule is C[C@@H](Oc1ccc2c(-c3ccc(F)cc3Cl)ccnc2c1)C(=O)N1CC[C@@H](NC(=O)NC(C)(C)C)C1. The Hall–Kier alpha value is -3.39. The van der Waals surface area contributed by atoms with Crippen LogP contribution < -0.4 is 15.4 Å². The van der Waals surface area contributed by atoms with Crippen molar-refractivity contribution in [1.82, 2.24) is 20.5 Å². The highest BCUT2D eigenvalue weighted by Crippen LogP contribution is 2.34. The minimum atomic E-state index is -0.709. The number of nitrogens with one attached hydrogen (secondary N) is 2. The lowest BCUT2D eigenvalue weighted by Gasteiger charge is -2.24. The minimum absolute atomic E-state index is 0.106. The Morgan fingerprint density at radius 3 is 2.67 bits per heavy atom. The van der Waals surface area contributed by atoms with Crippen LogP contribution in [0.5, 0.6) is 5.75 Å². The molecule has 1 aromatic heterocycles. The van der Waals surface area contributed by atoms with Crippen LogP contribution in [0.2, 0.25) is 5.02 Å². The monoisotopic (exact) mass is 512 g/mol. The summed E-state index contributed by atoms with van der Waals surface area (Å²) < 4.78 is 19.5. The number of carbonyl (C=O) groups is 2. The highest BCUT2D eigenvalue weighted by molar-refractivity contribution is 6.33. The molecule has 2 aromatic carbocycles. The van der Waals surface area contributed by atoms with Crippen molar-refractivity contribution in [2.75, 3.05) is 13.1 Å².